The van der Waals surface area contributed by atoms with Crippen LogP contribution in [0.15, 0.2) is 18.2 Å². The number of hydrogen-bond acceptors (Lipinski definition) is 4. The number of hydrazine groups is 1. The van der Waals surface area contributed by atoms with Crippen molar-refractivity contribution >= 4 is 0 Å². The van der Waals surface area contributed by atoms with E-state index in [-0.39, 0.29) is 0 Å². The molecule has 0 radical (unpaired) electrons. The zero-order chi connectivity index (χ0) is 18.8. The molecule has 0 bridgehead atoms. The number of nitrogens with zero attached hydrogens (tertiary/aromatic N) is 2. The minimum atomic E-state index is 0.505. The first-order valence-corrected chi connectivity index (χ1v) is 10.3. The molecule has 4 heteroatoms. The van der Waals surface area contributed by atoms with Gasteiger partial charge in [0.1, 0.15) is 13.2 Å². The second-order valence-corrected chi connectivity index (χ2v) is 8.69. The number of rotatable bonds is 6. The van der Waals surface area contributed by atoms with Crippen molar-refractivity contribution in [3.8, 4) is 11.5 Å². The third kappa shape index (κ3) is 4.01. The molecule has 0 amide bonds. The Morgan fingerprint density at radius 3 is 2.27 bits per heavy atom. The molecular weight excluding hydrogens is 324 g/mol. The fourth-order valence-electron chi connectivity index (χ4n) is 4.45. The van der Waals surface area contributed by atoms with E-state index in [4.69, 9.17) is 9.47 Å². The van der Waals surface area contributed by atoms with Crippen LogP contribution < -0.4 is 9.47 Å². The highest BCUT2D eigenvalue weighted by Crippen LogP contribution is 2.36. The minimum absolute atomic E-state index is 0.505. The summed E-state index contributed by atoms with van der Waals surface area (Å²) in [6.45, 7) is 14.1. The summed E-state index contributed by atoms with van der Waals surface area (Å²) in [6, 6.07) is 7.74. The lowest BCUT2D eigenvalue weighted by Gasteiger charge is -2.35. The highest BCUT2D eigenvalue weighted by molar-refractivity contribution is 5.44. The van der Waals surface area contributed by atoms with E-state index >= 15 is 0 Å². The summed E-state index contributed by atoms with van der Waals surface area (Å²) in [7, 11) is 2.28. The lowest BCUT2D eigenvalue weighted by Crippen LogP contribution is -2.44. The Balaban J connectivity index is 1.65. The molecule has 4 nitrogen and oxygen atoms in total. The maximum atomic E-state index is 5.75. The highest BCUT2D eigenvalue weighted by atomic mass is 16.6. The van der Waals surface area contributed by atoms with E-state index < -0.39 is 0 Å². The molecule has 3 atom stereocenters. The first kappa shape index (κ1) is 19.5. The second kappa shape index (κ2) is 8.18. The maximum Gasteiger partial charge on any atom is 0.161 e. The fourth-order valence-corrected chi connectivity index (χ4v) is 4.45. The molecule has 0 spiro atoms. The van der Waals surface area contributed by atoms with Crippen molar-refractivity contribution in [1.29, 1.82) is 0 Å². The first-order chi connectivity index (χ1) is 12.4. The summed E-state index contributed by atoms with van der Waals surface area (Å²) in [5, 5.41) is 5.15. The van der Waals surface area contributed by atoms with Gasteiger partial charge in [-0.3, -0.25) is 0 Å². The Morgan fingerprint density at radius 1 is 0.962 bits per heavy atom. The van der Waals surface area contributed by atoms with Crippen molar-refractivity contribution in [2.45, 2.75) is 65.5 Å². The minimum Gasteiger partial charge on any atom is -0.486 e. The van der Waals surface area contributed by atoms with Gasteiger partial charge in [-0.1, -0.05) is 40.7 Å². The number of benzene rings is 1. The van der Waals surface area contributed by atoms with Crippen LogP contribution in [0.2, 0.25) is 0 Å². The number of fused-ring (bicyclic) bond motifs is 1. The van der Waals surface area contributed by atoms with E-state index in [1.807, 2.05) is 0 Å². The molecule has 3 rings (SSSR count). The van der Waals surface area contributed by atoms with Crippen LogP contribution in [0.1, 0.15) is 58.9 Å². The predicted molar refractivity (Wildman–Crippen MR) is 107 cm³/mol. The molecule has 0 aliphatic carbocycles. The van der Waals surface area contributed by atoms with E-state index in [2.05, 4.69) is 69.9 Å². The van der Waals surface area contributed by atoms with Crippen molar-refractivity contribution in [1.82, 2.24) is 10.0 Å². The van der Waals surface area contributed by atoms with Gasteiger partial charge in [0.05, 0.1) is 0 Å². The molecule has 0 aromatic heterocycles. The summed E-state index contributed by atoms with van der Waals surface area (Å²) in [5.41, 5.74) is 1.35. The average Bonchev–Trinajstić information content (AvgIpc) is 2.96. The lowest BCUT2D eigenvalue weighted by molar-refractivity contribution is -0.0240. The van der Waals surface area contributed by atoms with Crippen LogP contribution in [0.3, 0.4) is 0 Å². The Labute approximate surface area is 159 Å². The Hall–Kier alpha value is -1.26. The summed E-state index contributed by atoms with van der Waals surface area (Å²) >= 11 is 0. The summed E-state index contributed by atoms with van der Waals surface area (Å²) in [6.07, 6.45) is 2.43. The van der Waals surface area contributed by atoms with Gasteiger partial charge < -0.3 is 9.47 Å². The van der Waals surface area contributed by atoms with Crippen molar-refractivity contribution in [2.75, 3.05) is 26.8 Å². The van der Waals surface area contributed by atoms with Gasteiger partial charge in [0.2, 0.25) is 0 Å². The van der Waals surface area contributed by atoms with E-state index in [1.54, 1.807) is 0 Å². The van der Waals surface area contributed by atoms with E-state index in [0.717, 1.165) is 24.5 Å². The molecule has 2 aliphatic rings. The molecular formula is C22H36N2O2. The largest absolute Gasteiger partial charge is 0.486 e. The molecule has 146 valence electrons. The van der Waals surface area contributed by atoms with E-state index in [1.165, 1.54) is 12.0 Å². The SMILES string of the molecule is CC(CCN1C(C(C)C)CC(C(C)C)N1C)c1ccc2c(c1)OCCO2. The number of hydrogen-bond donors (Lipinski definition) is 0. The molecule has 3 unspecified atom stereocenters. The quantitative estimate of drug-likeness (QED) is 0.743. The normalized spacial score (nSPS) is 25.2. The average molecular weight is 361 g/mol. The second-order valence-electron chi connectivity index (χ2n) is 8.69. The maximum absolute atomic E-state index is 5.75. The van der Waals surface area contributed by atoms with E-state index in [9.17, 15) is 0 Å². The molecule has 0 N–H and O–H groups in total. The van der Waals surface area contributed by atoms with Crippen LogP contribution in [-0.4, -0.2) is 48.9 Å². The molecule has 26 heavy (non-hydrogen) atoms. The van der Waals surface area contributed by atoms with Gasteiger partial charge in [0.15, 0.2) is 11.5 Å². The third-order valence-electron chi connectivity index (χ3n) is 6.22. The summed E-state index contributed by atoms with van der Waals surface area (Å²) in [4.78, 5) is 0. The summed E-state index contributed by atoms with van der Waals surface area (Å²) < 4.78 is 11.4. The monoisotopic (exact) mass is 360 g/mol. The van der Waals surface area contributed by atoms with Crippen LogP contribution in [0, 0.1) is 11.8 Å². The number of ether oxygens (including phenoxy) is 2. The molecule has 0 saturated carbocycles. The molecule has 1 aromatic carbocycles. The molecule has 2 heterocycles. The zero-order valence-corrected chi connectivity index (χ0v) is 17.4. The van der Waals surface area contributed by atoms with Crippen LogP contribution in [-0.2, 0) is 0 Å². The first-order valence-electron chi connectivity index (χ1n) is 10.3. The van der Waals surface area contributed by atoms with Gasteiger partial charge in [0.25, 0.3) is 0 Å². The zero-order valence-electron chi connectivity index (χ0n) is 17.4. The topological polar surface area (TPSA) is 24.9 Å². The van der Waals surface area contributed by atoms with Crippen molar-refractivity contribution in [2.24, 2.45) is 11.8 Å². The molecule has 2 aliphatic heterocycles. The third-order valence-corrected chi connectivity index (χ3v) is 6.22. The lowest BCUT2D eigenvalue weighted by atomic mass is 9.93. The Bertz CT molecular complexity index is 602. The van der Waals surface area contributed by atoms with Crippen LogP contribution in [0.25, 0.3) is 0 Å². The van der Waals surface area contributed by atoms with Gasteiger partial charge in [-0.15, -0.1) is 0 Å². The van der Waals surface area contributed by atoms with Gasteiger partial charge >= 0.3 is 0 Å². The van der Waals surface area contributed by atoms with E-state index in [0.29, 0.717) is 43.1 Å². The standard InChI is InChI=1S/C22H36N2O2/c1-15(2)19-14-20(16(3)4)24(23(19)6)10-9-17(5)18-7-8-21-22(13-18)26-12-11-25-21/h7-8,13,15-17,19-20H,9-12,14H2,1-6H3. The highest BCUT2D eigenvalue weighted by Gasteiger charge is 2.39. The summed E-state index contributed by atoms with van der Waals surface area (Å²) in [5.74, 6) is 3.67. The predicted octanol–water partition coefficient (Wildman–Crippen LogP) is 4.55. The van der Waals surface area contributed by atoms with Gasteiger partial charge in [-0.05, 0) is 48.3 Å². The fraction of sp³-hybridized carbons (Fsp3) is 0.727. The Morgan fingerprint density at radius 2 is 1.62 bits per heavy atom. The van der Waals surface area contributed by atoms with Crippen molar-refractivity contribution < 1.29 is 9.47 Å². The van der Waals surface area contributed by atoms with Gasteiger partial charge in [-0.25, -0.2) is 10.0 Å². The molecule has 1 saturated heterocycles. The van der Waals surface area contributed by atoms with Gasteiger partial charge in [0, 0.05) is 25.7 Å². The van der Waals surface area contributed by atoms with Crippen molar-refractivity contribution in [3.63, 3.8) is 0 Å². The van der Waals surface area contributed by atoms with Gasteiger partial charge in [-0.2, -0.15) is 0 Å². The molecule has 1 fully saturated rings. The smallest absolute Gasteiger partial charge is 0.161 e. The van der Waals surface area contributed by atoms with Crippen LogP contribution in [0.5, 0.6) is 11.5 Å². The van der Waals surface area contributed by atoms with Crippen molar-refractivity contribution in [3.05, 3.63) is 23.8 Å². The Kier molecular flexibility index (Phi) is 6.13. The van der Waals surface area contributed by atoms with Crippen LogP contribution in [0.4, 0.5) is 0 Å². The van der Waals surface area contributed by atoms with Crippen LogP contribution >= 0.6 is 0 Å². The molecule has 1 aromatic rings.